The quantitative estimate of drug-likeness (QED) is 0.803. The summed E-state index contributed by atoms with van der Waals surface area (Å²) in [6.45, 7) is 1.89. The van der Waals surface area contributed by atoms with Gasteiger partial charge in [-0.25, -0.2) is 0 Å². The maximum absolute atomic E-state index is 12.2. The molecule has 5 heteroatoms. The maximum Gasteiger partial charge on any atom is 0.246 e. The van der Waals surface area contributed by atoms with Crippen LogP contribution in [0.1, 0.15) is 43.4 Å². The molecule has 1 amide bonds. The molecule has 0 atom stereocenters. The number of aromatic nitrogens is 2. The zero-order chi connectivity index (χ0) is 14.7. The Morgan fingerprint density at radius 1 is 1.40 bits per heavy atom. The number of aryl methyl sites for hydroxylation is 2. The van der Waals surface area contributed by atoms with Crippen molar-refractivity contribution in [2.45, 2.75) is 45.1 Å². The van der Waals surface area contributed by atoms with E-state index in [1.807, 2.05) is 18.9 Å². The largest absolute Gasteiger partial charge is 0.339 e. The number of rotatable bonds is 3. The van der Waals surface area contributed by atoms with Crippen LogP contribution < -0.4 is 0 Å². The Morgan fingerprint density at radius 3 is 2.60 bits per heavy atom. The zero-order valence-corrected chi connectivity index (χ0v) is 13.2. The van der Waals surface area contributed by atoms with Crippen LogP contribution in [0.2, 0.25) is 5.15 Å². The smallest absolute Gasteiger partial charge is 0.246 e. The Balaban J connectivity index is 2.04. The molecule has 0 saturated heterocycles. The molecule has 0 spiro atoms. The Kier molecular flexibility index (Phi) is 4.86. The van der Waals surface area contributed by atoms with Gasteiger partial charge in [-0.15, -0.1) is 0 Å². The molecule has 0 unspecified atom stereocenters. The first-order valence-electron chi connectivity index (χ1n) is 7.14. The van der Waals surface area contributed by atoms with Crippen molar-refractivity contribution >= 4 is 23.6 Å². The average Bonchev–Trinajstić information content (AvgIpc) is 2.70. The molecule has 0 aromatic carbocycles. The molecule has 1 aromatic rings. The second-order valence-corrected chi connectivity index (χ2v) is 5.85. The Hall–Kier alpha value is -1.29. The van der Waals surface area contributed by atoms with Gasteiger partial charge >= 0.3 is 0 Å². The third-order valence-corrected chi connectivity index (χ3v) is 4.51. The van der Waals surface area contributed by atoms with E-state index in [0.717, 1.165) is 24.1 Å². The summed E-state index contributed by atoms with van der Waals surface area (Å²) in [5.74, 6) is 0.0382. The second-order valence-electron chi connectivity index (χ2n) is 5.49. The van der Waals surface area contributed by atoms with Crippen LogP contribution in [-0.2, 0) is 11.8 Å². The number of carbonyl (C=O) groups excluding carboxylic acids is 1. The standard InChI is InChI=1S/C15H22ClN3O/c1-11-13(15(16)19(3)17-11)9-10-14(20)18(2)12-7-5-4-6-8-12/h9-10,12H,4-8H2,1-3H3/b10-9+. The summed E-state index contributed by atoms with van der Waals surface area (Å²) in [7, 11) is 3.68. The first-order chi connectivity index (χ1) is 9.50. The van der Waals surface area contributed by atoms with Crippen molar-refractivity contribution < 1.29 is 4.79 Å². The van der Waals surface area contributed by atoms with E-state index in [4.69, 9.17) is 11.6 Å². The van der Waals surface area contributed by atoms with Crippen molar-refractivity contribution in [1.82, 2.24) is 14.7 Å². The topological polar surface area (TPSA) is 38.1 Å². The Morgan fingerprint density at radius 2 is 2.05 bits per heavy atom. The van der Waals surface area contributed by atoms with Crippen molar-refractivity contribution in [3.63, 3.8) is 0 Å². The highest BCUT2D eigenvalue weighted by molar-refractivity contribution is 6.31. The first-order valence-corrected chi connectivity index (χ1v) is 7.52. The molecule has 20 heavy (non-hydrogen) atoms. The highest BCUT2D eigenvalue weighted by atomic mass is 35.5. The van der Waals surface area contributed by atoms with Gasteiger partial charge < -0.3 is 4.90 Å². The van der Waals surface area contributed by atoms with Crippen LogP contribution in [-0.4, -0.2) is 33.7 Å². The van der Waals surface area contributed by atoms with Gasteiger partial charge in [0.05, 0.1) is 5.69 Å². The van der Waals surface area contributed by atoms with E-state index in [1.165, 1.54) is 19.3 Å². The molecule has 0 radical (unpaired) electrons. The number of nitrogens with zero attached hydrogens (tertiary/aromatic N) is 3. The van der Waals surface area contributed by atoms with E-state index >= 15 is 0 Å². The lowest BCUT2D eigenvalue weighted by Gasteiger charge is -2.30. The van der Waals surface area contributed by atoms with Crippen LogP contribution in [0.25, 0.3) is 6.08 Å². The van der Waals surface area contributed by atoms with E-state index < -0.39 is 0 Å². The molecule has 1 saturated carbocycles. The Labute approximate surface area is 125 Å². The van der Waals surface area contributed by atoms with Crippen molar-refractivity contribution in [2.24, 2.45) is 7.05 Å². The fourth-order valence-corrected chi connectivity index (χ4v) is 2.99. The minimum atomic E-state index is 0.0382. The third-order valence-electron chi connectivity index (χ3n) is 4.06. The molecule has 1 aromatic heterocycles. The zero-order valence-electron chi connectivity index (χ0n) is 12.4. The molecule has 1 aliphatic rings. The van der Waals surface area contributed by atoms with Gasteiger partial charge in [-0.2, -0.15) is 5.10 Å². The lowest BCUT2D eigenvalue weighted by Crippen LogP contribution is -2.37. The molecule has 1 fully saturated rings. The number of amides is 1. The summed E-state index contributed by atoms with van der Waals surface area (Å²) in [6, 6.07) is 0.381. The van der Waals surface area contributed by atoms with E-state index in [2.05, 4.69) is 5.10 Å². The number of carbonyl (C=O) groups is 1. The molecular weight excluding hydrogens is 274 g/mol. The predicted molar refractivity (Wildman–Crippen MR) is 81.6 cm³/mol. The molecule has 1 aliphatic carbocycles. The summed E-state index contributed by atoms with van der Waals surface area (Å²) in [4.78, 5) is 14.1. The van der Waals surface area contributed by atoms with Crippen molar-refractivity contribution in [3.8, 4) is 0 Å². The van der Waals surface area contributed by atoms with Gasteiger partial charge in [0.1, 0.15) is 5.15 Å². The minimum Gasteiger partial charge on any atom is -0.339 e. The van der Waals surface area contributed by atoms with Gasteiger partial charge in [-0.3, -0.25) is 9.48 Å². The fraction of sp³-hybridized carbons (Fsp3) is 0.600. The summed E-state index contributed by atoms with van der Waals surface area (Å²) < 4.78 is 1.62. The van der Waals surface area contributed by atoms with Crippen molar-refractivity contribution in [1.29, 1.82) is 0 Å². The molecule has 1 heterocycles. The molecular formula is C15H22ClN3O. The SMILES string of the molecule is Cc1nn(C)c(Cl)c1/C=C/C(=O)N(C)C1CCCCC1. The van der Waals surface area contributed by atoms with Crippen LogP contribution >= 0.6 is 11.6 Å². The number of halogens is 1. The average molecular weight is 296 g/mol. The lowest BCUT2D eigenvalue weighted by atomic mass is 9.94. The van der Waals surface area contributed by atoms with Gasteiger partial charge in [0.25, 0.3) is 0 Å². The first kappa shape index (κ1) is 15.1. The third kappa shape index (κ3) is 3.23. The van der Waals surface area contributed by atoms with Crippen LogP contribution in [0.15, 0.2) is 6.08 Å². The fourth-order valence-electron chi connectivity index (χ4n) is 2.76. The number of hydrogen-bond donors (Lipinski definition) is 0. The molecule has 4 nitrogen and oxygen atoms in total. The second kappa shape index (κ2) is 6.44. The monoisotopic (exact) mass is 295 g/mol. The number of hydrogen-bond acceptors (Lipinski definition) is 2. The van der Waals surface area contributed by atoms with E-state index in [1.54, 1.807) is 23.9 Å². The van der Waals surface area contributed by atoms with E-state index in [9.17, 15) is 4.79 Å². The lowest BCUT2D eigenvalue weighted by molar-refractivity contribution is -0.127. The van der Waals surface area contributed by atoms with Gasteiger partial charge in [0.2, 0.25) is 5.91 Å². The summed E-state index contributed by atoms with van der Waals surface area (Å²) in [5.41, 5.74) is 1.65. The summed E-state index contributed by atoms with van der Waals surface area (Å²) in [6.07, 6.45) is 9.33. The molecule has 110 valence electrons. The van der Waals surface area contributed by atoms with Crippen molar-refractivity contribution in [2.75, 3.05) is 7.05 Å². The summed E-state index contributed by atoms with van der Waals surface area (Å²) >= 11 is 6.15. The predicted octanol–water partition coefficient (Wildman–Crippen LogP) is 3.19. The molecule has 0 N–H and O–H groups in total. The van der Waals surface area contributed by atoms with Crippen LogP contribution in [0.5, 0.6) is 0 Å². The van der Waals surface area contributed by atoms with Gasteiger partial charge in [0, 0.05) is 31.8 Å². The van der Waals surface area contributed by atoms with Gasteiger partial charge in [-0.05, 0) is 25.8 Å². The molecule has 0 aliphatic heterocycles. The maximum atomic E-state index is 12.2. The highest BCUT2D eigenvalue weighted by Gasteiger charge is 2.20. The van der Waals surface area contributed by atoms with Crippen LogP contribution in [0.4, 0.5) is 0 Å². The number of likely N-dealkylation sites (N-methyl/N-ethyl adjacent to an activating group) is 1. The highest BCUT2D eigenvalue weighted by Crippen LogP contribution is 2.23. The van der Waals surface area contributed by atoms with Gasteiger partial charge in [0.15, 0.2) is 0 Å². The van der Waals surface area contributed by atoms with Crippen LogP contribution in [0, 0.1) is 6.92 Å². The Bertz CT molecular complexity index is 515. The van der Waals surface area contributed by atoms with E-state index in [-0.39, 0.29) is 5.91 Å². The van der Waals surface area contributed by atoms with Crippen LogP contribution in [0.3, 0.4) is 0 Å². The van der Waals surface area contributed by atoms with Gasteiger partial charge in [-0.1, -0.05) is 30.9 Å². The summed E-state index contributed by atoms with van der Waals surface area (Å²) in [5, 5.41) is 4.79. The minimum absolute atomic E-state index is 0.0382. The van der Waals surface area contributed by atoms with Crippen molar-refractivity contribution in [3.05, 3.63) is 22.5 Å². The normalized spacial score (nSPS) is 16.8. The molecule has 0 bridgehead atoms. The molecule has 2 rings (SSSR count). The van der Waals surface area contributed by atoms with E-state index in [0.29, 0.717) is 11.2 Å².